The average Bonchev–Trinajstić information content (AvgIpc) is 2.72. The van der Waals surface area contributed by atoms with Crippen LogP contribution in [0.3, 0.4) is 0 Å². The number of benzene rings is 1. The maximum atomic E-state index is 6.04. The minimum atomic E-state index is 0.153. The van der Waals surface area contributed by atoms with E-state index >= 15 is 0 Å². The van der Waals surface area contributed by atoms with Crippen molar-refractivity contribution in [2.45, 2.75) is 6.10 Å². The van der Waals surface area contributed by atoms with Crippen LogP contribution >= 0.6 is 11.6 Å². The number of aromatic nitrogens is 1. The first kappa shape index (κ1) is 10.1. The normalized spacial score (nSPS) is 21.4. The van der Waals surface area contributed by atoms with Crippen LogP contribution in [-0.2, 0) is 4.74 Å². The highest BCUT2D eigenvalue weighted by Crippen LogP contribution is 2.27. The number of halogens is 1. The number of hydrogen-bond donors (Lipinski definition) is 2. The number of aromatic amines is 1. The Morgan fingerprint density at radius 3 is 3.12 bits per heavy atom. The van der Waals surface area contributed by atoms with Gasteiger partial charge in [-0.3, -0.25) is 0 Å². The van der Waals surface area contributed by atoms with Crippen molar-refractivity contribution in [2.24, 2.45) is 0 Å². The average molecular weight is 237 g/mol. The molecule has 1 aromatic heterocycles. The summed E-state index contributed by atoms with van der Waals surface area (Å²) < 4.78 is 5.71. The van der Waals surface area contributed by atoms with E-state index in [-0.39, 0.29) is 6.10 Å². The summed E-state index contributed by atoms with van der Waals surface area (Å²) in [4.78, 5) is 3.16. The lowest BCUT2D eigenvalue weighted by Crippen LogP contribution is -2.33. The van der Waals surface area contributed by atoms with Crippen LogP contribution in [0.5, 0.6) is 0 Å². The van der Waals surface area contributed by atoms with Crippen LogP contribution in [0.2, 0.25) is 5.02 Å². The van der Waals surface area contributed by atoms with Crippen molar-refractivity contribution in [2.75, 3.05) is 19.7 Å². The van der Waals surface area contributed by atoms with Crippen molar-refractivity contribution in [1.29, 1.82) is 0 Å². The molecule has 0 saturated carbocycles. The fraction of sp³-hybridized carbons (Fsp3) is 0.333. The van der Waals surface area contributed by atoms with Crippen molar-refractivity contribution < 1.29 is 4.74 Å². The van der Waals surface area contributed by atoms with E-state index in [1.54, 1.807) is 0 Å². The number of H-pyrrole nitrogens is 1. The molecular weight excluding hydrogens is 224 g/mol. The van der Waals surface area contributed by atoms with Crippen LogP contribution in [0.1, 0.15) is 11.7 Å². The summed E-state index contributed by atoms with van der Waals surface area (Å²) in [7, 11) is 0. The third-order valence-electron chi connectivity index (χ3n) is 2.95. The molecule has 2 N–H and O–H groups in total. The van der Waals surface area contributed by atoms with E-state index in [2.05, 4.69) is 22.4 Å². The monoisotopic (exact) mass is 236 g/mol. The minimum absolute atomic E-state index is 0.153. The summed E-state index contributed by atoms with van der Waals surface area (Å²) >= 11 is 6.04. The van der Waals surface area contributed by atoms with Crippen molar-refractivity contribution in [3.05, 3.63) is 35.0 Å². The molecule has 2 heterocycles. The second-order valence-corrected chi connectivity index (χ2v) is 4.41. The van der Waals surface area contributed by atoms with Crippen LogP contribution in [0.25, 0.3) is 10.9 Å². The van der Waals surface area contributed by atoms with Gasteiger partial charge in [0.05, 0.1) is 17.7 Å². The summed E-state index contributed by atoms with van der Waals surface area (Å²) in [5.74, 6) is 0. The number of rotatable bonds is 1. The van der Waals surface area contributed by atoms with E-state index in [1.165, 1.54) is 5.56 Å². The molecule has 1 aliphatic rings. The molecule has 16 heavy (non-hydrogen) atoms. The first-order valence-corrected chi connectivity index (χ1v) is 5.81. The van der Waals surface area contributed by atoms with Crippen molar-refractivity contribution in [1.82, 2.24) is 10.3 Å². The Balaban J connectivity index is 1.97. The molecule has 1 saturated heterocycles. The highest BCUT2D eigenvalue weighted by molar-refractivity contribution is 6.35. The smallest absolute Gasteiger partial charge is 0.0950 e. The van der Waals surface area contributed by atoms with Crippen molar-refractivity contribution in [3.8, 4) is 0 Å². The minimum Gasteiger partial charge on any atom is -0.371 e. The van der Waals surface area contributed by atoms with Gasteiger partial charge in [-0.1, -0.05) is 23.7 Å². The van der Waals surface area contributed by atoms with Gasteiger partial charge in [-0.25, -0.2) is 0 Å². The Labute approximate surface area is 98.7 Å². The molecule has 0 amide bonds. The number of fused-ring (bicyclic) bond motifs is 1. The lowest BCUT2D eigenvalue weighted by molar-refractivity contribution is 0.0278. The first-order chi connectivity index (χ1) is 7.84. The topological polar surface area (TPSA) is 37.0 Å². The Morgan fingerprint density at radius 2 is 2.31 bits per heavy atom. The van der Waals surface area contributed by atoms with Gasteiger partial charge in [0.15, 0.2) is 0 Å². The Hall–Kier alpha value is -1.03. The highest BCUT2D eigenvalue weighted by atomic mass is 35.5. The molecule has 0 aliphatic carbocycles. The lowest BCUT2D eigenvalue weighted by atomic mass is 10.1. The second kappa shape index (κ2) is 4.09. The molecule has 0 spiro atoms. The predicted octanol–water partition coefficient (Wildman–Crippen LogP) is 2.48. The third kappa shape index (κ3) is 1.71. The molecule has 4 heteroatoms. The molecular formula is C12H13ClN2O. The molecule has 1 aromatic carbocycles. The van der Waals surface area contributed by atoms with E-state index in [9.17, 15) is 0 Å². The highest BCUT2D eigenvalue weighted by Gasteiger charge is 2.16. The van der Waals surface area contributed by atoms with Gasteiger partial charge in [0.25, 0.3) is 0 Å². The molecule has 1 atom stereocenters. The fourth-order valence-electron chi connectivity index (χ4n) is 2.09. The molecule has 1 unspecified atom stereocenters. The van der Waals surface area contributed by atoms with E-state index in [0.717, 1.165) is 35.6 Å². The van der Waals surface area contributed by atoms with Crippen LogP contribution in [-0.4, -0.2) is 24.7 Å². The zero-order chi connectivity index (χ0) is 11.0. The quantitative estimate of drug-likeness (QED) is 0.798. The predicted molar refractivity (Wildman–Crippen MR) is 64.9 cm³/mol. The number of ether oxygens (including phenoxy) is 1. The Bertz CT molecular complexity index is 503. The van der Waals surface area contributed by atoms with E-state index in [4.69, 9.17) is 16.3 Å². The zero-order valence-electron chi connectivity index (χ0n) is 8.79. The van der Waals surface area contributed by atoms with Crippen molar-refractivity contribution >= 4 is 22.5 Å². The van der Waals surface area contributed by atoms with E-state index in [0.29, 0.717) is 0 Å². The number of morpholine rings is 1. The third-order valence-corrected chi connectivity index (χ3v) is 3.27. The van der Waals surface area contributed by atoms with Gasteiger partial charge in [0.1, 0.15) is 0 Å². The fourth-order valence-corrected chi connectivity index (χ4v) is 2.31. The van der Waals surface area contributed by atoms with Crippen molar-refractivity contribution in [3.63, 3.8) is 0 Å². The molecule has 2 aromatic rings. The maximum Gasteiger partial charge on any atom is 0.0950 e. The van der Waals surface area contributed by atoms with Gasteiger partial charge in [-0.2, -0.15) is 0 Å². The van der Waals surface area contributed by atoms with Crippen LogP contribution in [0, 0.1) is 0 Å². The number of hydrogen-bond acceptors (Lipinski definition) is 2. The molecule has 3 rings (SSSR count). The molecule has 84 valence electrons. The van der Waals surface area contributed by atoms with Gasteiger partial charge in [-0.05, 0) is 11.6 Å². The van der Waals surface area contributed by atoms with Gasteiger partial charge >= 0.3 is 0 Å². The van der Waals surface area contributed by atoms with Gasteiger partial charge in [-0.15, -0.1) is 0 Å². The largest absolute Gasteiger partial charge is 0.371 e. The molecule has 3 nitrogen and oxygen atoms in total. The van der Waals surface area contributed by atoms with Crippen LogP contribution < -0.4 is 5.32 Å². The van der Waals surface area contributed by atoms with Gasteiger partial charge in [0.2, 0.25) is 0 Å². The molecule has 1 aliphatic heterocycles. The molecule has 0 radical (unpaired) electrons. The first-order valence-electron chi connectivity index (χ1n) is 5.43. The second-order valence-electron chi connectivity index (χ2n) is 4.01. The van der Waals surface area contributed by atoms with Gasteiger partial charge < -0.3 is 15.0 Å². The Morgan fingerprint density at radius 1 is 1.38 bits per heavy atom. The molecule has 0 bridgehead atoms. The van der Waals surface area contributed by atoms with Gasteiger partial charge in [0, 0.05) is 30.2 Å². The van der Waals surface area contributed by atoms with E-state index in [1.807, 2.05) is 12.3 Å². The number of nitrogens with one attached hydrogen (secondary N) is 2. The van der Waals surface area contributed by atoms with E-state index < -0.39 is 0 Å². The SMILES string of the molecule is Clc1c[nH]c2cc(C3CNCCO3)ccc12. The standard InChI is InChI=1S/C12H13ClN2O/c13-10-6-15-11-5-8(1-2-9(10)11)12-7-14-3-4-16-12/h1-2,5-6,12,14-15H,3-4,7H2. The zero-order valence-corrected chi connectivity index (χ0v) is 9.55. The van der Waals surface area contributed by atoms with Crippen LogP contribution in [0.4, 0.5) is 0 Å². The van der Waals surface area contributed by atoms with Crippen LogP contribution in [0.15, 0.2) is 24.4 Å². The maximum absolute atomic E-state index is 6.04. The summed E-state index contributed by atoms with van der Waals surface area (Å²) in [5, 5.41) is 5.16. The molecule has 1 fully saturated rings. The summed E-state index contributed by atoms with van der Waals surface area (Å²) in [6.45, 7) is 2.58. The lowest BCUT2D eigenvalue weighted by Gasteiger charge is -2.23. The summed E-state index contributed by atoms with van der Waals surface area (Å²) in [6.07, 6.45) is 1.97. The summed E-state index contributed by atoms with van der Waals surface area (Å²) in [6, 6.07) is 6.24. The Kier molecular flexibility index (Phi) is 2.59. The summed E-state index contributed by atoms with van der Waals surface area (Å²) in [5.41, 5.74) is 2.26.